The predicted molar refractivity (Wildman–Crippen MR) is 233 cm³/mol. The highest BCUT2D eigenvalue weighted by molar-refractivity contribution is 6.34. The molecular weight excluding hydrogens is 853 g/mol. The second-order valence-corrected chi connectivity index (χ2v) is 18.2. The molecule has 2 aromatic carbocycles. The highest BCUT2D eigenvalue weighted by Crippen LogP contribution is 2.40. The average Bonchev–Trinajstić information content (AvgIpc) is 3.58. The Morgan fingerprint density at radius 3 is 2.47 bits per heavy atom. The van der Waals surface area contributed by atoms with Crippen LogP contribution >= 0.6 is 11.6 Å². The van der Waals surface area contributed by atoms with Crippen LogP contribution in [0.25, 0.3) is 5.65 Å². The first-order chi connectivity index (χ1) is 30.8. The molecule has 4 aromatic rings. The summed E-state index contributed by atoms with van der Waals surface area (Å²) >= 11 is 6.39. The number of carbonyl (C=O) groups excluding carboxylic acids is 4. The molecule has 4 saturated heterocycles. The summed E-state index contributed by atoms with van der Waals surface area (Å²) in [7, 11) is 1.77. The quantitative estimate of drug-likeness (QED) is 0.200. The van der Waals surface area contributed by atoms with Crippen LogP contribution in [-0.4, -0.2) is 161 Å². The van der Waals surface area contributed by atoms with E-state index in [-0.39, 0.29) is 42.9 Å². The molecule has 0 spiro atoms. The van der Waals surface area contributed by atoms with Crippen molar-refractivity contribution in [2.24, 2.45) is 5.92 Å². The monoisotopic (exact) mass is 902 g/mol. The normalized spacial score (nSPS) is 24.1. The highest BCUT2D eigenvalue weighted by atomic mass is 35.5. The molecule has 338 valence electrons. The number of nitrogens with zero attached hydrogens (tertiary/aromatic N) is 9. The minimum absolute atomic E-state index is 0.143. The van der Waals surface area contributed by atoms with Crippen molar-refractivity contribution in [3.8, 4) is 0 Å². The number of aromatic nitrogens is 3. The summed E-state index contributed by atoms with van der Waals surface area (Å²) < 4.78 is 47.0. The Bertz CT molecular complexity index is 2510. The summed E-state index contributed by atoms with van der Waals surface area (Å²) in [6.07, 6.45) is 1.92. The van der Waals surface area contributed by atoms with Crippen LogP contribution in [0.3, 0.4) is 0 Å². The number of carbonyl (C=O) groups is 4. The maximum atomic E-state index is 16.0. The predicted octanol–water partition coefficient (Wildman–Crippen LogP) is 4.00. The Morgan fingerprint density at radius 1 is 0.953 bits per heavy atom. The van der Waals surface area contributed by atoms with Crippen molar-refractivity contribution in [3.05, 3.63) is 76.1 Å². The zero-order valence-electron chi connectivity index (χ0n) is 35.4. The molecule has 6 aliphatic rings. The van der Waals surface area contributed by atoms with E-state index in [4.69, 9.17) is 16.7 Å². The van der Waals surface area contributed by atoms with Crippen LogP contribution in [0.2, 0.25) is 5.02 Å². The molecule has 10 rings (SSSR count). The van der Waals surface area contributed by atoms with Gasteiger partial charge in [0.05, 0.1) is 41.2 Å². The molecule has 0 radical (unpaired) electrons. The highest BCUT2D eigenvalue weighted by Gasteiger charge is 2.50. The van der Waals surface area contributed by atoms with Crippen molar-refractivity contribution in [1.82, 2.24) is 44.8 Å². The minimum atomic E-state index is -2.88. The molecule has 2 aromatic heterocycles. The molecule has 5 aliphatic heterocycles. The Kier molecular flexibility index (Phi) is 11.1. The van der Waals surface area contributed by atoms with Gasteiger partial charge in [-0.2, -0.15) is 0 Å². The van der Waals surface area contributed by atoms with Gasteiger partial charge in [0.25, 0.3) is 17.7 Å². The standard InChI is InChI=1S/C44H50ClF3N12O4/c1-49-33-19-38(53-60-36(20-50-40(33)60)41(62)51-32-18-31(32)46)58-11-7-29-28(3-2-4-34(29)58)24-55-10-8-37(44(47,48)25-55)57-22-26(23-57)21-54-13-15-56(16-14-54)42(63)27-5-6-30(45)35(17-27)59-12-9-39(61)52-43(59)64/h2-6,17,19-20,26,31-32,37,49H,7-16,18,21-25H2,1H3,(H,51,62)(H,52,61,64). The summed E-state index contributed by atoms with van der Waals surface area (Å²) in [4.78, 5) is 66.3. The van der Waals surface area contributed by atoms with Gasteiger partial charge in [-0.25, -0.2) is 27.5 Å². The van der Waals surface area contributed by atoms with E-state index in [1.54, 1.807) is 30.1 Å². The number of piperidine rings is 1. The second-order valence-electron chi connectivity index (χ2n) is 17.8. The molecule has 0 bridgehead atoms. The molecular formula is C44H50ClF3N12O4. The van der Waals surface area contributed by atoms with Gasteiger partial charge in [0.2, 0.25) is 5.91 Å². The van der Waals surface area contributed by atoms with E-state index >= 15 is 8.78 Å². The van der Waals surface area contributed by atoms with Crippen LogP contribution in [0.4, 0.5) is 40.8 Å². The summed E-state index contributed by atoms with van der Waals surface area (Å²) in [6, 6.07) is 10.8. The maximum Gasteiger partial charge on any atom is 0.328 e. The fourth-order valence-corrected chi connectivity index (χ4v) is 10.2. The zero-order valence-corrected chi connectivity index (χ0v) is 36.2. The molecule has 3 unspecified atom stereocenters. The number of anilines is 4. The number of imidazole rings is 1. The van der Waals surface area contributed by atoms with Gasteiger partial charge in [0, 0.05) is 109 Å². The van der Waals surface area contributed by atoms with Gasteiger partial charge in [-0.15, -0.1) is 5.10 Å². The van der Waals surface area contributed by atoms with Gasteiger partial charge in [0.15, 0.2) is 17.2 Å². The molecule has 64 heavy (non-hydrogen) atoms. The number of piperazine rings is 1. The number of fused-ring (bicyclic) bond motifs is 2. The van der Waals surface area contributed by atoms with E-state index in [0.717, 1.165) is 23.4 Å². The lowest BCUT2D eigenvalue weighted by atomic mass is 9.90. The number of imide groups is 1. The molecule has 7 heterocycles. The summed E-state index contributed by atoms with van der Waals surface area (Å²) in [6.45, 7) is 5.84. The summed E-state index contributed by atoms with van der Waals surface area (Å²) in [5.74, 6) is -2.96. The largest absolute Gasteiger partial charge is 0.385 e. The van der Waals surface area contributed by atoms with Crippen LogP contribution in [0.1, 0.15) is 51.2 Å². The Balaban J connectivity index is 0.715. The smallest absolute Gasteiger partial charge is 0.328 e. The number of hydrogen-bond acceptors (Lipinski definition) is 11. The summed E-state index contributed by atoms with van der Waals surface area (Å²) in [5, 5.41) is 13.3. The zero-order chi connectivity index (χ0) is 44.4. The lowest BCUT2D eigenvalue weighted by molar-refractivity contribution is -0.152. The van der Waals surface area contributed by atoms with Gasteiger partial charge >= 0.3 is 6.03 Å². The molecule has 1 saturated carbocycles. The van der Waals surface area contributed by atoms with Gasteiger partial charge in [0.1, 0.15) is 6.17 Å². The first-order valence-corrected chi connectivity index (χ1v) is 22.4. The van der Waals surface area contributed by atoms with E-state index in [1.807, 2.05) is 34.1 Å². The number of alkyl halides is 3. The lowest BCUT2D eigenvalue weighted by Gasteiger charge is -2.51. The van der Waals surface area contributed by atoms with E-state index in [1.165, 1.54) is 15.6 Å². The number of benzene rings is 2. The topological polar surface area (TPSA) is 154 Å². The van der Waals surface area contributed by atoms with Crippen LogP contribution in [0, 0.1) is 5.92 Å². The van der Waals surface area contributed by atoms with Crippen molar-refractivity contribution in [2.75, 3.05) is 94.2 Å². The number of nitrogens with one attached hydrogen (secondary N) is 3. The maximum absolute atomic E-state index is 16.0. The average molecular weight is 903 g/mol. The summed E-state index contributed by atoms with van der Waals surface area (Å²) in [5.41, 5.74) is 5.18. The molecule has 5 amide bonds. The van der Waals surface area contributed by atoms with E-state index in [0.29, 0.717) is 112 Å². The number of halogens is 4. The second kappa shape index (κ2) is 16.8. The van der Waals surface area contributed by atoms with Crippen molar-refractivity contribution >= 4 is 63.9 Å². The fraction of sp³-hybridized carbons (Fsp3) is 0.500. The van der Waals surface area contributed by atoms with Crippen molar-refractivity contribution in [3.63, 3.8) is 0 Å². The SMILES string of the molecule is CNc1cc(N2CCc3c(CN4CCC(N5CC(CN6CCN(C(=O)c7ccc(Cl)c(N8CCC(=O)NC8=O)c7)CC6)C5)C(F)(F)C4)cccc32)nn2c(C(=O)NC3CC3F)cnc12. The van der Waals surface area contributed by atoms with Crippen molar-refractivity contribution < 1.29 is 32.3 Å². The van der Waals surface area contributed by atoms with E-state index < -0.39 is 36.1 Å². The number of urea groups is 1. The molecule has 3 N–H and O–H groups in total. The third-order valence-corrected chi connectivity index (χ3v) is 13.9. The fourth-order valence-electron chi connectivity index (χ4n) is 10.0. The number of amides is 5. The van der Waals surface area contributed by atoms with Gasteiger partial charge in [-0.05, 0) is 54.2 Å². The van der Waals surface area contributed by atoms with Gasteiger partial charge in [-0.3, -0.25) is 39.3 Å². The van der Waals surface area contributed by atoms with E-state index in [9.17, 15) is 23.6 Å². The number of likely N-dealkylation sites (tertiary alicyclic amines) is 2. The molecule has 5 fully saturated rings. The Labute approximate surface area is 372 Å². The van der Waals surface area contributed by atoms with Crippen LogP contribution in [0.5, 0.6) is 0 Å². The lowest BCUT2D eigenvalue weighted by Crippen LogP contribution is -2.65. The van der Waals surface area contributed by atoms with Crippen LogP contribution in [0.15, 0.2) is 48.7 Å². The Hall–Kier alpha value is -5.50. The first kappa shape index (κ1) is 42.5. The first-order valence-electron chi connectivity index (χ1n) is 22.0. The number of hydrogen-bond donors (Lipinski definition) is 3. The minimum Gasteiger partial charge on any atom is -0.385 e. The van der Waals surface area contributed by atoms with Crippen LogP contribution < -0.4 is 25.8 Å². The molecule has 1 aliphatic carbocycles. The molecule has 3 atom stereocenters. The van der Waals surface area contributed by atoms with Gasteiger partial charge in [-0.1, -0.05) is 23.7 Å². The Morgan fingerprint density at radius 2 is 1.73 bits per heavy atom. The number of rotatable bonds is 11. The van der Waals surface area contributed by atoms with Crippen LogP contribution in [-0.2, 0) is 17.8 Å². The molecule has 16 nitrogen and oxygen atoms in total. The van der Waals surface area contributed by atoms with E-state index in [2.05, 4.69) is 30.7 Å². The van der Waals surface area contributed by atoms with Crippen molar-refractivity contribution in [1.29, 1.82) is 0 Å². The third-order valence-electron chi connectivity index (χ3n) is 13.6. The van der Waals surface area contributed by atoms with Gasteiger partial charge < -0.3 is 20.4 Å². The molecule has 20 heteroatoms. The third kappa shape index (κ3) is 8.11. The van der Waals surface area contributed by atoms with Crippen molar-refractivity contribution in [2.45, 2.75) is 56.4 Å².